The van der Waals surface area contributed by atoms with Crippen LogP contribution in [0.3, 0.4) is 0 Å². The average Bonchev–Trinajstić information content (AvgIpc) is 3.55. The molecule has 0 radical (unpaired) electrons. The second-order valence-corrected chi connectivity index (χ2v) is 9.83. The molecule has 0 bridgehead atoms. The number of alkyl halides is 2. The molecule has 0 unspecified atom stereocenters. The van der Waals surface area contributed by atoms with Crippen LogP contribution in [-0.4, -0.2) is 72.1 Å². The van der Waals surface area contributed by atoms with Crippen molar-refractivity contribution in [1.82, 2.24) is 34.3 Å². The Morgan fingerprint density at radius 2 is 1.57 bits per heavy atom. The molecule has 0 amide bonds. The predicted octanol–water partition coefficient (Wildman–Crippen LogP) is 3.54. The lowest BCUT2D eigenvalue weighted by Crippen LogP contribution is -2.47. The lowest BCUT2D eigenvalue weighted by molar-refractivity contribution is -0.0722. The molecule has 1 aromatic carbocycles. The summed E-state index contributed by atoms with van der Waals surface area (Å²) in [6.45, 7) is 2.19. The highest BCUT2D eigenvalue weighted by atomic mass is 35.5. The Balaban J connectivity index is 1.21. The van der Waals surface area contributed by atoms with Gasteiger partial charge in [0, 0.05) is 74.7 Å². The Morgan fingerprint density at radius 1 is 0.900 bits per heavy atom. The predicted molar refractivity (Wildman–Crippen MR) is 142 cm³/mol. The van der Waals surface area contributed by atoms with Gasteiger partial charge in [0.1, 0.15) is 17.7 Å². The highest BCUT2D eigenvalue weighted by Gasteiger charge is 2.42. The van der Waals surface area contributed by atoms with Crippen molar-refractivity contribution in [2.45, 2.75) is 12.0 Å². The molecule has 5 aromatic rings. The van der Waals surface area contributed by atoms with Gasteiger partial charge >= 0.3 is 0 Å². The van der Waals surface area contributed by atoms with Crippen LogP contribution < -0.4 is 9.80 Å². The van der Waals surface area contributed by atoms with Gasteiger partial charge in [-0.15, -0.1) is 0 Å². The minimum Gasteiger partial charge on any atom is -0.375 e. The van der Waals surface area contributed by atoms with Crippen LogP contribution in [0.2, 0.25) is 5.02 Å². The van der Waals surface area contributed by atoms with Gasteiger partial charge in [-0.2, -0.15) is 10.2 Å². The molecule has 1 aliphatic heterocycles. The molecule has 1 atom stereocenters. The van der Waals surface area contributed by atoms with Gasteiger partial charge in [-0.25, -0.2) is 32.6 Å². The second-order valence-electron chi connectivity index (χ2n) is 9.46. The average molecular weight is 570 g/mol. The fraction of sp³-hybridized carbons (Fsp3) is 0.269. The zero-order valence-corrected chi connectivity index (χ0v) is 21.9. The summed E-state index contributed by atoms with van der Waals surface area (Å²) in [6, 6.07) is 4.28. The number of hydrogen-bond donors (Lipinski definition) is 1. The van der Waals surface area contributed by atoms with Gasteiger partial charge in [0.2, 0.25) is 5.95 Å². The number of halogens is 4. The molecule has 1 N–H and O–H groups in total. The van der Waals surface area contributed by atoms with Gasteiger partial charge in [-0.3, -0.25) is 4.68 Å². The summed E-state index contributed by atoms with van der Waals surface area (Å²) in [5.74, 6) is 0.431. The maximum absolute atomic E-state index is 14.0. The van der Waals surface area contributed by atoms with E-state index >= 15 is 0 Å². The Bertz CT molecular complexity index is 1650. The Hall–Kier alpha value is -4.23. The summed E-state index contributed by atoms with van der Waals surface area (Å²) in [5, 5.41) is 19.9. The quantitative estimate of drug-likeness (QED) is 0.331. The Kier molecular flexibility index (Phi) is 6.55. The molecular weight excluding hydrogens is 547 g/mol. The summed E-state index contributed by atoms with van der Waals surface area (Å²) in [5.41, 5.74) is -0.660. The lowest BCUT2D eigenvalue weighted by Gasteiger charge is -2.35. The maximum Gasteiger partial charge on any atom is 0.275 e. The molecule has 14 heteroatoms. The number of aliphatic hydroxyl groups is 1. The third-order valence-corrected chi connectivity index (χ3v) is 7.43. The third kappa shape index (κ3) is 4.40. The van der Waals surface area contributed by atoms with E-state index in [2.05, 4.69) is 30.0 Å². The van der Waals surface area contributed by atoms with Gasteiger partial charge in [-0.05, 0) is 17.7 Å². The first-order valence-electron chi connectivity index (χ1n) is 12.4. The largest absolute Gasteiger partial charge is 0.375 e. The van der Waals surface area contributed by atoms with Gasteiger partial charge in [0.25, 0.3) is 6.43 Å². The fourth-order valence-electron chi connectivity index (χ4n) is 4.88. The summed E-state index contributed by atoms with van der Waals surface area (Å²) in [7, 11) is 1.83. The summed E-state index contributed by atoms with van der Waals surface area (Å²) in [4.78, 5) is 17.0. The number of hydrogen-bond acceptors (Lipinski definition) is 8. The molecule has 5 heterocycles. The maximum atomic E-state index is 14.0. The van der Waals surface area contributed by atoms with Gasteiger partial charge < -0.3 is 14.9 Å². The van der Waals surface area contributed by atoms with E-state index < -0.39 is 17.8 Å². The SMILES string of the molecule is Cn1cc(-c2cn3ncnc(N4CCN(c5ncc([C@](O)(c6ccc(F)cc6)C(F)F)cn5)CC4)c3c2Cl)cn1. The van der Waals surface area contributed by atoms with E-state index in [1.165, 1.54) is 18.7 Å². The van der Waals surface area contributed by atoms with E-state index in [4.69, 9.17) is 11.6 Å². The highest BCUT2D eigenvalue weighted by Crippen LogP contribution is 2.37. The number of fused-ring (bicyclic) bond motifs is 1. The number of aryl methyl sites for hydroxylation is 1. The van der Waals surface area contributed by atoms with Crippen molar-refractivity contribution in [3.05, 3.63) is 83.5 Å². The van der Waals surface area contributed by atoms with E-state index in [1.54, 1.807) is 15.4 Å². The minimum atomic E-state index is -3.18. The van der Waals surface area contributed by atoms with E-state index in [9.17, 15) is 18.3 Å². The number of nitrogens with zero attached hydrogens (tertiary/aromatic N) is 9. The number of piperazine rings is 1. The smallest absolute Gasteiger partial charge is 0.275 e. The van der Waals surface area contributed by atoms with Crippen molar-refractivity contribution in [3.8, 4) is 11.1 Å². The summed E-state index contributed by atoms with van der Waals surface area (Å²) in [6.07, 6.45) is 6.11. The standard InChI is InChI=1S/C26H23ClF3N9O/c1-36-13-16(10-34-36)20-14-39-22(21(20)27)23(33-15-35-39)37-6-8-38(9-7-37)25-31-11-18(12-32-25)26(40,24(29)30)17-2-4-19(28)5-3-17/h2-5,10-15,24,40H,6-9H2,1H3/t26-/m1/s1. The zero-order valence-electron chi connectivity index (χ0n) is 21.2. The van der Waals surface area contributed by atoms with Crippen molar-refractivity contribution in [3.63, 3.8) is 0 Å². The Morgan fingerprint density at radius 3 is 2.20 bits per heavy atom. The fourth-order valence-corrected chi connectivity index (χ4v) is 5.20. The van der Waals surface area contributed by atoms with E-state index in [1.807, 2.05) is 24.3 Å². The van der Waals surface area contributed by atoms with Crippen LogP contribution in [0, 0.1) is 5.82 Å². The summed E-state index contributed by atoms with van der Waals surface area (Å²) < 4.78 is 44.7. The van der Waals surface area contributed by atoms with Crippen molar-refractivity contribution in [2.24, 2.45) is 7.05 Å². The molecule has 40 heavy (non-hydrogen) atoms. The molecule has 0 spiro atoms. The van der Waals surface area contributed by atoms with E-state index in [-0.39, 0.29) is 11.1 Å². The van der Waals surface area contributed by atoms with Crippen LogP contribution in [0.4, 0.5) is 24.9 Å². The summed E-state index contributed by atoms with van der Waals surface area (Å²) >= 11 is 6.79. The van der Waals surface area contributed by atoms with Crippen LogP contribution >= 0.6 is 11.6 Å². The monoisotopic (exact) mass is 569 g/mol. The van der Waals surface area contributed by atoms with Gasteiger partial charge in [-0.1, -0.05) is 23.7 Å². The normalized spacial score (nSPS) is 15.7. The molecule has 4 aromatic heterocycles. The molecule has 0 aliphatic carbocycles. The molecule has 206 valence electrons. The molecule has 0 saturated carbocycles. The van der Waals surface area contributed by atoms with Crippen LogP contribution in [-0.2, 0) is 12.6 Å². The number of anilines is 2. The minimum absolute atomic E-state index is 0.152. The van der Waals surface area contributed by atoms with Crippen LogP contribution in [0.5, 0.6) is 0 Å². The van der Waals surface area contributed by atoms with Crippen molar-refractivity contribution < 1.29 is 18.3 Å². The molecule has 1 aliphatic rings. The first-order valence-corrected chi connectivity index (χ1v) is 12.7. The van der Waals surface area contributed by atoms with E-state index in [0.29, 0.717) is 48.5 Å². The number of benzene rings is 1. The van der Waals surface area contributed by atoms with Gasteiger partial charge in [0.05, 0.1) is 11.2 Å². The third-order valence-electron chi connectivity index (χ3n) is 7.05. The van der Waals surface area contributed by atoms with Crippen LogP contribution in [0.15, 0.2) is 61.6 Å². The number of rotatable bonds is 6. The molecule has 1 saturated heterocycles. The van der Waals surface area contributed by atoms with Crippen molar-refractivity contribution >= 4 is 28.9 Å². The van der Waals surface area contributed by atoms with Crippen LogP contribution in [0.1, 0.15) is 11.1 Å². The first-order chi connectivity index (χ1) is 19.3. The number of aromatic nitrogens is 7. The zero-order chi connectivity index (χ0) is 28.0. The topological polar surface area (TPSA) is 101 Å². The highest BCUT2D eigenvalue weighted by molar-refractivity contribution is 6.37. The van der Waals surface area contributed by atoms with Crippen molar-refractivity contribution in [1.29, 1.82) is 0 Å². The second kappa shape index (κ2) is 10.1. The molecule has 6 rings (SSSR count). The molecule has 10 nitrogen and oxygen atoms in total. The first kappa shape index (κ1) is 26.0. The Labute approximate surface area is 231 Å². The lowest BCUT2D eigenvalue weighted by atomic mass is 9.88. The molecule has 1 fully saturated rings. The van der Waals surface area contributed by atoms with Gasteiger partial charge in [0.15, 0.2) is 11.4 Å². The van der Waals surface area contributed by atoms with E-state index in [0.717, 1.165) is 35.4 Å². The van der Waals surface area contributed by atoms with Crippen LogP contribution in [0.25, 0.3) is 16.6 Å². The van der Waals surface area contributed by atoms with Crippen molar-refractivity contribution in [2.75, 3.05) is 36.0 Å². The molecular formula is C26H23ClF3N9O.